The largest absolute Gasteiger partial charge is 0.392 e. The monoisotopic (exact) mass is 303 g/mol. The van der Waals surface area contributed by atoms with Crippen LogP contribution in [0, 0.1) is 0 Å². The van der Waals surface area contributed by atoms with E-state index in [0.717, 1.165) is 6.26 Å². The fourth-order valence-corrected chi connectivity index (χ4v) is 2.72. The highest BCUT2D eigenvalue weighted by Gasteiger charge is 2.22. The van der Waals surface area contributed by atoms with E-state index in [1.165, 1.54) is 6.92 Å². The van der Waals surface area contributed by atoms with E-state index in [-0.39, 0.29) is 18.1 Å². The highest BCUT2D eigenvalue weighted by molar-refractivity contribution is 7.93. The molecule has 0 aromatic rings. The molecule has 0 aromatic carbocycles. The van der Waals surface area contributed by atoms with Crippen molar-refractivity contribution >= 4 is 37.3 Å². The molecule has 0 saturated heterocycles. The Morgan fingerprint density at radius 1 is 1.24 bits per heavy atom. The molecule has 0 aromatic heterocycles. The average molecular weight is 303 g/mol. The second-order valence-electron chi connectivity index (χ2n) is 3.50. The molecular formula is C7H17N3O4S3. The van der Waals surface area contributed by atoms with Gasteiger partial charge in [0.25, 0.3) is 0 Å². The summed E-state index contributed by atoms with van der Waals surface area (Å²) < 4.78 is 49.0. The van der Waals surface area contributed by atoms with Gasteiger partial charge in [-0.05, 0) is 13.3 Å². The molecule has 1 atom stereocenters. The van der Waals surface area contributed by atoms with Crippen LogP contribution in [-0.2, 0) is 20.0 Å². The average Bonchev–Trinajstić information content (AvgIpc) is 2.13. The van der Waals surface area contributed by atoms with Crippen molar-refractivity contribution in [2.75, 3.05) is 19.3 Å². The third-order valence-electron chi connectivity index (χ3n) is 1.89. The van der Waals surface area contributed by atoms with Gasteiger partial charge in [-0.15, -0.1) is 0 Å². The number of thiocarbonyl (C=S) groups is 1. The van der Waals surface area contributed by atoms with Crippen LogP contribution < -0.4 is 15.2 Å². The van der Waals surface area contributed by atoms with Crippen molar-refractivity contribution in [2.24, 2.45) is 5.73 Å². The third-order valence-corrected chi connectivity index (χ3v) is 4.91. The molecule has 17 heavy (non-hydrogen) atoms. The first-order valence-corrected chi connectivity index (χ1v) is 8.63. The maximum Gasteiger partial charge on any atom is 0.220 e. The summed E-state index contributed by atoms with van der Waals surface area (Å²) in [6, 6.07) is 0. The number of hydrogen-bond donors (Lipinski definition) is 3. The molecule has 0 rings (SSSR count). The van der Waals surface area contributed by atoms with Crippen LogP contribution in [0.15, 0.2) is 0 Å². The van der Waals surface area contributed by atoms with Gasteiger partial charge in [-0.2, -0.15) is 0 Å². The number of hydrogen-bond acceptors (Lipinski definition) is 5. The second kappa shape index (κ2) is 6.59. The van der Waals surface area contributed by atoms with Gasteiger partial charge in [0.2, 0.25) is 20.0 Å². The van der Waals surface area contributed by atoms with Gasteiger partial charge in [-0.25, -0.2) is 26.3 Å². The van der Waals surface area contributed by atoms with E-state index >= 15 is 0 Å². The second-order valence-corrected chi connectivity index (χ2v) is 7.89. The van der Waals surface area contributed by atoms with Crippen molar-refractivity contribution in [3.63, 3.8) is 0 Å². The molecule has 0 spiro atoms. The maximum atomic E-state index is 11.5. The van der Waals surface area contributed by atoms with E-state index in [2.05, 4.69) is 21.7 Å². The molecule has 0 heterocycles. The molecule has 4 N–H and O–H groups in total. The van der Waals surface area contributed by atoms with Crippen molar-refractivity contribution < 1.29 is 16.8 Å². The first-order valence-electron chi connectivity index (χ1n) is 4.78. The number of rotatable bonds is 8. The summed E-state index contributed by atoms with van der Waals surface area (Å²) in [6.45, 7) is 1.68. The van der Waals surface area contributed by atoms with Crippen LogP contribution >= 0.6 is 12.2 Å². The molecule has 0 amide bonds. The van der Waals surface area contributed by atoms with Gasteiger partial charge >= 0.3 is 0 Å². The topological polar surface area (TPSA) is 118 Å². The molecule has 0 radical (unpaired) electrons. The van der Waals surface area contributed by atoms with Gasteiger partial charge in [0.1, 0.15) is 5.25 Å². The molecule has 0 aliphatic heterocycles. The van der Waals surface area contributed by atoms with Gasteiger partial charge in [0.05, 0.1) is 11.2 Å². The molecule has 0 saturated carbocycles. The lowest BCUT2D eigenvalue weighted by molar-refractivity contribution is 0.572. The van der Waals surface area contributed by atoms with E-state index in [1.807, 2.05) is 0 Å². The van der Waals surface area contributed by atoms with Crippen molar-refractivity contribution in [3.8, 4) is 0 Å². The van der Waals surface area contributed by atoms with Crippen LogP contribution in [0.25, 0.3) is 0 Å². The molecule has 0 bridgehead atoms. The third kappa shape index (κ3) is 7.60. The van der Waals surface area contributed by atoms with E-state index in [4.69, 9.17) is 5.73 Å². The molecule has 0 aliphatic rings. The highest BCUT2D eigenvalue weighted by Crippen LogP contribution is 1.98. The Kier molecular flexibility index (Phi) is 6.48. The zero-order valence-corrected chi connectivity index (χ0v) is 12.1. The van der Waals surface area contributed by atoms with Crippen LogP contribution in [-0.4, -0.2) is 46.4 Å². The van der Waals surface area contributed by atoms with E-state index < -0.39 is 25.3 Å². The lowest BCUT2D eigenvalue weighted by Crippen LogP contribution is -2.40. The lowest BCUT2D eigenvalue weighted by atomic mass is 10.4. The van der Waals surface area contributed by atoms with Crippen molar-refractivity contribution in [1.82, 2.24) is 9.44 Å². The predicted octanol–water partition coefficient (Wildman–Crippen LogP) is -1.48. The predicted molar refractivity (Wildman–Crippen MR) is 70.6 cm³/mol. The fraction of sp³-hybridized carbons (Fsp3) is 0.857. The number of nitrogens with one attached hydrogen (secondary N) is 2. The van der Waals surface area contributed by atoms with E-state index in [0.29, 0.717) is 6.42 Å². The summed E-state index contributed by atoms with van der Waals surface area (Å²) >= 11 is 4.58. The van der Waals surface area contributed by atoms with Crippen LogP contribution in [0.4, 0.5) is 0 Å². The number of nitrogens with two attached hydrogens (primary N) is 1. The summed E-state index contributed by atoms with van der Waals surface area (Å²) in [4.78, 5) is -0.105. The summed E-state index contributed by atoms with van der Waals surface area (Å²) in [6.07, 6.45) is 1.38. The summed E-state index contributed by atoms with van der Waals surface area (Å²) in [7, 11) is -6.81. The van der Waals surface area contributed by atoms with Gasteiger partial charge in [0.15, 0.2) is 0 Å². The summed E-state index contributed by atoms with van der Waals surface area (Å²) in [5.41, 5.74) is 5.23. The SMILES string of the molecule is CC(C(N)=S)S(=O)(=O)NCCCNS(C)(=O)=O. The quantitative estimate of drug-likeness (QED) is 0.372. The minimum Gasteiger partial charge on any atom is -0.392 e. The smallest absolute Gasteiger partial charge is 0.220 e. The Morgan fingerprint density at radius 2 is 1.71 bits per heavy atom. The molecule has 102 valence electrons. The van der Waals surface area contributed by atoms with E-state index in [9.17, 15) is 16.8 Å². The molecule has 10 heteroatoms. The molecule has 0 fully saturated rings. The Balaban J connectivity index is 4.02. The number of sulfonamides is 2. The molecule has 0 aliphatic carbocycles. The van der Waals surface area contributed by atoms with E-state index in [1.54, 1.807) is 0 Å². The lowest BCUT2D eigenvalue weighted by Gasteiger charge is -2.12. The minimum atomic E-state index is -3.57. The van der Waals surface area contributed by atoms with Gasteiger partial charge in [-0.1, -0.05) is 12.2 Å². The van der Waals surface area contributed by atoms with Crippen molar-refractivity contribution in [1.29, 1.82) is 0 Å². The molecule has 1 unspecified atom stereocenters. The summed E-state index contributed by atoms with van der Waals surface area (Å²) in [5.74, 6) is 0. The van der Waals surface area contributed by atoms with Crippen molar-refractivity contribution in [3.05, 3.63) is 0 Å². The molecular weight excluding hydrogens is 286 g/mol. The zero-order valence-electron chi connectivity index (χ0n) is 9.63. The van der Waals surface area contributed by atoms with Crippen LogP contribution in [0.1, 0.15) is 13.3 Å². The Hall–Kier alpha value is -0.290. The van der Waals surface area contributed by atoms with Gasteiger partial charge in [-0.3, -0.25) is 0 Å². The maximum absolute atomic E-state index is 11.5. The minimum absolute atomic E-state index is 0.105. The fourth-order valence-electron chi connectivity index (χ4n) is 0.838. The van der Waals surface area contributed by atoms with Crippen molar-refractivity contribution in [2.45, 2.75) is 18.6 Å². The zero-order chi connectivity index (χ0) is 13.7. The normalized spacial score (nSPS) is 14.5. The standard InChI is InChI=1S/C7H17N3O4S3/c1-6(7(8)15)17(13,14)10-5-3-4-9-16(2,11)12/h6,9-10H,3-5H2,1-2H3,(H2,8,15). The first-order chi connectivity index (χ1) is 7.56. The molecule has 7 nitrogen and oxygen atoms in total. The van der Waals surface area contributed by atoms with Crippen LogP contribution in [0.2, 0.25) is 0 Å². The Morgan fingerprint density at radius 3 is 2.12 bits per heavy atom. The van der Waals surface area contributed by atoms with Crippen LogP contribution in [0.5, 0.6) is 0 Å². The first kappa shape index (κ1) is 16.7. The van der Waals surface area contributed by atoms with Gasteiger partial charge in [0, 0.05) is 13.1 Å². The Labute approximate surface area is 107 Å². The summed E-state index contributed by atoms with van der Waals surface area (Å²) in [5, 5.41) is -0.944. The highest BCUT2D eigenvalue weighted by atomic mass is 32.2. The van der Waals surface area contributed by atoms with Gasteiger partial charge < -0.3 is 5.73 Å². The van der Waals surface area contributed by atoms with Crippen LogP contribution in [0.3, 0.4) is 0 Å². The Bertz CT molecular complexity index is 457.